The summed E-state index contributed by atoms with van der Waals surface area (Å²) in [5.74, 6) is 2.29. The Morgan fingerprint density at radius 1 is 1.20 bits per heavy atom. The number of hydrogen-bond donors (Lipinski definition) is 0. The summed E-state index contributed by atoms with van der Waals surface area (Å²) in [6.45, 7) is 5.73. The van der Waals surface area contributed by atoms with E-state index in [0.29, 0.717) is 32.3 Å². The fourth-order valence-corrected chi connectivity index (χ4v) is 3.55. The molecule has 1 aliphatic carbocycles. The van der Waals surface area contributed by atoms with Crippen molar-refractivity contribution < 1.29 is 19.0 Å². The summed E-state index contributed by atoms with van der Waals surface area (Å²) in [6, 6.07) is 0. The minimum absolute atomic E-state index is 0.0710. The summed E-state index contributed by atoms with van der Waals surface area (Å²) in [5, 5.41) is 0. The molecule has 0 spiro atoms. The molecular weight excluding hydrogens is 256 g/mol. The highest BCUT2D eigenvalue weighted by Gasteiger charge is 2.32. The highest BCUT2D eigenvalue weighted by Crippen LogP contribution is 2.42. The second-order valence-electron chi connectivity index (χ2n) is 6.17. The largest absolute Gasteiger partial charge is 0.463 e. The maximum atomic E-state index is 11.8. The zero-order valence-electron chi connectivity index (χ0n) is 12.8. The molecular formula is C16H28O4. The van der Waals surface area contributed by atoms with Crippen LogP contribution in [0.5, 0.6) is 0 Å². The Kier molecular flexibility index (Phi) is 6.30. The van der Waals surface area contributed by atoms with E-state index < -0.39 is 0 Å². The van der Waals surface area contributed by atoms with Gasteiger partial charge in [0, 0.05) is 6.42 Å². The molecule has 4 nitrogen and oxygen atoms in total. The van der Waals surface area contributed by atoms with Crippen LogP contribution in [0.3, 0.4) is 0 Å². The van der Waals surface area contributed by atoms with Crippen LogP contribution in [0.25, 0.3) is 0 Å². The molecule has 0 aromatic heterocycles. The monoisotopic (exact) mass is 284 g/mol. The quantitative estimate of drug-likeness (QED) is 0.674. The first-order chi connectivity index (χ1) is 9.72. The topological polar surface area (TPSA) is 44.8 Å². The average Bonchev–Trinajstić information content (AvgIpc) is 3.11. The predicted octanol–water partition coefficient (Wildman–Crippen LogP) is 3.15. The van der Waals surface area contributed by atoms with Crippen molar-refractivity contribution in [3.8, 4) is 0 Å². The fraction of sp³-hybridized carbons (Fsp3) is 0.938. The molecule has 0 bridgehead atoms. The van der Waals surface area contributed by atoms with Gasteiger partial charge in [-0.3, -0.25) is 4.79 Å². The van der Waals surface area contributed by atoms with E-state index in [9.17, 15) is 4.79 Å². The molecule has 0 N–H and O–H groups in total. The first-order valence-electron chi connectivity index (χ1n) is 8.07. The van der Waals surface area contributed by atoms with Crippen molar-refractivity contribution in [2.75, 3.05) is 20.0 Å². The van der Waals surface area contributed by atoms with Gasteiger partial charge in [0.15, 0.2) is 0 Å². The van der Waals surface area contributed by atoms with E-state index in [2.05, 4.69) is 13.8 Å². The normalized spacial score (nSPS) is 33.5. The van der Waals surface area contributed by atoms with E-state index >= 15 is 0 Å². The van der Waals surface area contributed by atoms with Crippen molar-refractivity contribution in [3.63, 3.8) is 0 Å². The number of ether oxygens (including phenoxy) is 3. The summed E-state index contributed by atoms with van der Waals surface area (Å²) in [7, 11) is 0. The smallest absolute Gasteiger partial charge is 0.305 e. The Hall–Kier alpha value is -0.610. The van der Waals surface area contributed by atoms with Gasteiger partial charge in [0.2, 0.25) is 0 Å². The van der Waals surface area contributed by atoms with Crippen LogP contribution in [0.1, 0.15) is 52.4 Å². The predicted molar refractivity (Wildman–Crippen MR) is 76.2 cm³/mol. The van der Waals surface area contributed by atoms with Crippen molar-refractivity contribution in [1.82, 2.24) is 0 Å². The van der Waals surface area contributed by atoms with Gasteiger partial charge in [0.25, 0.3) is 0 Å². The van der Waals surface area contributed by atoms with E-state index in [1.807, 2.05) is 0 Å². The number of esters is 1. The minimum Gasteiger partial charge on any atom is -0.463 e. The van der Waals surface area contributed by atoms with Gasteiger partial charge < -0.3 is 14.2 Å². The van der Waals surface area contributed by atoms with Crippen LogP contribution in [-0.4, -0.2) is 32.1 Å². The SMILES string of the molecule is CCC1CC(CC)C(CCC(=O)OCC2COCO2)C1. The van der Waals surface area contributed by atoms with Gasteiger partial charge in [-0.25, -0.2) is 0 Å². The van der Waals surface area contributed by atoms with Crippen LogP contribution < -0.4 is 0 Å². The van der Waals surface area contributed by atoms with Crippen LogP contribution in [0.15, 0.2) is 0 Å². The molecule has 4 atom stereocenters. The fourth-order valence-electron chi connectivity index (χ4n) is 3.55. The Balaban J connectivity index is 1.64. The molecule has 1 saturated carbocycles. The van der Waals surface area contributed by atoms with E-state index in [1.165, 1.54) is 25.7 Å². The molecule has 1 saturated heterocycles. The van der Waals surface area contributed by atoms with Crippen LogP contribution in [-0.2, 0) is 19.0 Å². The van der Waals surface area contributed by atoms with E-state index in [1.54, 1.807) is 0 Å². The molecule has 0 amide bonds. The maximum Gasteiger partial charge on any atom is 0.305 e. The Labute approximate surface area is 122 Å². The number of rotatable bonds is 7. The van der Waals surface area contributed by atoms with Gasteiger partial charge >= 0.3 is 5.97 Å². The van der Waals surface area contributed by atoms with Crippen molar-refractivity contribution >= 4 is 5.97 Å². The molecule has 4 unspecified atom stereocenters. The standard InChI is InChI=1S/C16H28O4/c1-3-12-7-13(4-2)14(8-12)5-6-16(17)19-10-15-9-18-11-20-15/h12-15H,3-11H2,1-2H3. The maximum absolute atomic E-state index is 11.8. The van der Waals surface area contributed by atoms with Crippen LogP contribution in [0.4, 0.5) is 0 Å². The second kappa shape index (κ2) is 7.99. The number of carbonyl (C=O) groups is 1. The Morgan fingerprint density at radius 3 is 2.65 bits per heavy atom. The van der Waals surface area contributed by atoms with E-state index in [4.69, 9.17) is 14.2 Å². The molecule has 20 heavy (non-hydrogen) atoms. The summed E-state index contributed by atoms with van der Waals surface area (Å²) in [5.41, 5.74) is 0. The number of carbonyl (C=O) groups excluding carboxylic acids is 1. The highest BCUT2D eigenvalue weighted by molar-refractivity contribution is 5.69. The van der Waals surface area contributed by atoms with Gasteiger partial charge in [-0.15, -0.1) is 0 Å². The minimum atomic E-state index is -0.0877. The molecule has 0 aromatic rings. The zero-order chi connectivity index (χ0) is 14.4. The molecule has 116 valence electrons. The first-order valence-corrected chi connectivity index (χ1v) is 8.07. The third kappa shape index (κ3) is 4.45. The lowest BCUT2D eigenvalue weighted by atomic mass is 9.90. The second-order valence-corrected chi connectivity index (χ2v) is 6.17. The molecule has 4 heteroatoms. The van der Waals surface area contributed by atoms with Gasteiger partial charge in [-0.05, 0) is 37.0 Å². The van der Waals surface area contributed by atoms with E-state index in [-0.39, 0.29) is 12.1 Å². The van der Waals surface area contributed by atoms with Gasteiger partial charge in [-0.2, -0.15) is 0 Å². The zero-order valence-corrected chi connectivity index (χ0v) is 12.8. The number of hydrogen-bond acceptors (Lipinski definition) is 4. The lowest BCUT2D eigenvalue weighted by molar-refractivity contribution is -0.147. The van der Waals surface area contributed by atoms with Crippen molar-refractivity contribution in [1.29, 1.82) is 0 Å². The molecule has 1 heterocycles. The molecule has 1 aliphatic heterocycles. The van der Waals surface area contributed by atoms with Crippen molar-refractivity contribution in [3.05, 3.63) is 0 Å². The van der Waals surface area contributed by atoms with Gasteiger partial charge in [0.05, 0.1) is 6.61 Å². The van der Waals surface area contributed by atoms with Crippen molar-refractivity contribution in [2.24, 2.45) is 17.8 Å². The third-order valence-electron chi connectivity index (χ3n) is 4.88. The third-order valence-corrected chi connectivity index (χ3v) is 4.88. The molecule has 0 aromatic carbocycles. The lowest BCUT2D eigenvalue weighted by Crippen LogP contribution is -2.21. The van der Waals surface area contributed by atoms with Crippen LogP contribution >= 0.6 is 0 Å². The lowest BCUT2D eigenvalue weighted by Gasteiger charge is -2.17. The Morgan fingerprint density at radius 2 is 2.00 bits per heavy atom. The van der Waals surface area contributed by atoms with Crippen molar-refractivity contribution in [2.45, 2.75) is 58.5 Å². The van der Waals surface area contributed by atoms with E-state index in [0.717, 1.165) is 18.3 Å². The van der Waals surface area contributed by atoms with Crippen LogP contribution in [0, 0.1) is 17.8 Å². The molecule has 2 aliphatic rings. The molecule has 0 radical (unpaired) electrons. The summed E-state index contributed by atoms with van der Waals surface area (Å²) >= 11 is 0. The Bertz CT molecular complexity index is 299. The first kappa shape index (κ1) is 15.8. The summed E-state index contributed by atoms with van der Waals surface area (Å²) in [4.78, 5) is 11.8. The summed E-state index contributed by atoms with van der Waals surface area (Å²) < 4.78 is 15.6. The molecule has 2 fully saturated rings. The molecule has 2 rings (SSSR count). The average molecular weight is 284 g/mol. The van der Waals surface area contributed by atoms with Gasteiger partial charge in [0.1, 0.15) is 19.5 Å². The summed E-state index contributed by atoms with van der Waals surface area (Å²) in [6.07, 6.45) is 6.61. The highest BCUT2D eigenvalue weighted by atomic mass is 16.7. The van der Waals surface area contributed by atoms with Gasteiger partial charge in [-0.1, -0.05) is 26.7 Å². The van der Waals surface area contributed by atoms with Crippen LogP contribution in [0.2, 0.25) is 0 Å².